The summed E-state index contributed by atoms with van der Waals surface area (Å²) in [5.41, 5.74) is 6.80. The molecule has 0 aliphatic carbocycles. The summed E-state index contributed by atoms with van der Waals surface area (Å²) in [6.07, 6.45) is 3.12. The lowest BCUT2D eigenvalue weighted by atomic mass is 10.0. The van der Waals surface area contributed by atoms with E-state index in [2.05, 4.69) is 60.2 Å². The molecular formula is C20H17ClN2. The Hall–Kier alpha value is -2.32. The van der Waals surface area contributed by atoms with Gasteiger partial charge in [0, 0.05) is 22.3 Å². The van der Waals surface area contributed by atoms with Gasteiger partial charge in [0.2, 0.25) is 0 Å². The second-order valence-corrected chi connectivity index (χ2v) is 6.12. The molecule has 114 valence electrons. The van der Waals surface area contributed by atoms with Crippen LogP contribution in [0.2, 0.25) is 5.02 Å². The molecule has 2 nitrogen and oxygen atoms in total. The molecule has 2 aromatic carbocycles. The molecule has 0 amide bonds. The van der Waals surface area contributed by atoms with Crippen molar-refractivity contribution in [2.45, 2.75) is 19.9 Å². The molecule has 0 radical (unpaired) electrons. The van der Waals surface area contributed by atoms with Crippen LogP contribution >= 0.6 is 11.6 Å². The van der Waals surface area contributed by atoms with Crippen LogP contribution in [0.15, 0.2) is 65.8 Å². The quantitative estimate of drug-likeness (QED) is 0.629. The van der Waals surface area contributed by atoms with Gasteiger partial charge in [0.05, 0.1) is 23.6 Å². The van der Waals surface area contributed by atoms with Gasteiger partial charge in [-0.15, -0.1) is 0 Å². The van der Waals surface area contributed by atoms with Gasteiger partial charge in [-0.1, -0.05) is 48.9 Å². The molecule has 0 unspecified atom stereocenters. The largest absolute Gasteiger partial charge is 0.315 e. The van der Waals surface area contributed by atoms with Gasteiger partial charge in [0.25, 0.3) is 0 Å². The molecule has 0 N–H and O–H groups in total. The van der Waals surface area contributed by atoms with Crippen LogP contribution in [0.4, 0.5) is 0 Å². The number of fused-ring (bicyclic) bond motifs is 3. The fraction of sp³-hybridized carbons (Fsp3) is 0.150. The Morgan fingerprint density at radius 3 is 2.65 bits per heavy atom. The summed E-state index contributed by atoms with van der Waals surface area (Å²) in [6, 6.07) is 18.9. The molecule has 1 aromatic heterocycles. The minimum atomic E-state index is 0.599. The van der Waals surface area contributed by atoms with Gasteiger partial charge in [-0.25, -0.2) is 0 Å². The number of benzene rings is 2. The molecule has 0 bridgehead atoms. The van der Waals surface area contributed by atoms with Gasteiger partial charge in [-0.3, -0.25) is 4.99 Å². The second kappa shape index (κ2) is 5.71. The minimum absolute atomic E-state index is 0.599. The summed E-state index contributed by atoms with van der Waals surface area (Å²) in [4.78, 5) is 4.88. The standard InChI is InChI=1S/C20H17ClN2/c1-2-14-8-10-15(11-9-14)20-19-7-4-12-23(19)18-6-3-5-17(21)16(18)13-22-20/h3-12H,2,13H2,1H3. The normalized spacial score (nSPS) is 13.0. The van der Waals surface area contributed by atoms with E-state index in [0.717, 1.165) is 39.7 Å². The molecule has 4 rings (SSSR count). The van der Waals surface area contributed by atoms with Crippen LogP contribution in [-0.4, -0.2) is 10.3 Å². The lowest BCUT2D eigenvalue weighted by Crippen LogP contribution is -2.08. The first kappa shape index (κ1) is 14.3. The van der Waals surface area contributed by atoms with Crippen LogP contribution in [-0.2, 0) is 13.0 Å². The maximum Gasteiger partial charge on any atom is 0.0891 e. The third kappa shape index (κ3) is 2.40. The van der Waals surface area contributed by atoms with Crippen molar-refractivity contribution in [1.29, 1.82) is 0 Å². The Labute approximate surface area is 141 Å². The van der Waals surface area contributed by atoms with E-state index in [0.29, 0.717) is 6.54 Å². The topological polar surface area (TPSA) is 17.3 Å². The van der Waals surface area contributed by atoms with Crippen molar-refractivity contribution < 1.29 is 0 Å². The van der Waals surface area contributed by atoms with Crippen LogP contribution in [0.1, 0.15) is 29.3 Å². The van der Waals surface area contributed by atoms with Gasteiger partial charge in [-0.2, -0.15) is 0 Å². The highest BCUT2D eigenvalue weighted by molar-refractivity contribution is 6.31. The van der Waals surface area contributed by atoms with Crippen LogP contribution in [0.5, 0.6) is 0 Å². The summed E-state index contributed by atoms with van der Waals surface area (Å²) in [5, 5.41) is 0.772. The molecule has 0 atom stereocenters. The molecule has 0 spiro atoms. The first-order chi connectivity index (χ1) is 11.3. The van der Waals surface area contributed by atoms with Gasteiger partial charge < -0.3 is 4.57 Å². The predicted octanol–water partition coefficient (Wildman–Crippen LogP) is 5.04. The van der Waals surface area contributed by atoms with E-state index in [1.54, 1.807) is 0 Å². The first-order valence-corrected chi connectivity index (χ1v) is 8.25. The minimum Gasteiger partial charge on any atom is -0.315 e. The van der Waals surface area contributed by atoms with E-state index in [1.165, 1.54) is 5.56 Å². The fourth-order valence-electron chi connectivity index (χ4n) is 3.09. The number of hydrogen-bond acceptors (Lipinski definition) is 1. The maximum absolute atomic E-state index is 6.40. The predicted molar refractivity (Wildman–Crippen MR) is 95.9 cm³/mol. The molecule has 0 saturated carbocycles. The van der Waals surface area contributed by atoms with E-state index in [9.17, 15) is 0 Å². The smallest absolute Gasteiger partial charge is 0.0891 e. The van der Waals surface area contributed by atoms with Gasteiger partial charge in [-0.05, 0) is 36.2 Å². The number of aromatic nitrogens is 1. The Morgan fingerprint density at radius 1 is 1.04 bits per heavy atom. The summed E-state index contributed by atoms with van der Waals surface area (Å²) < 4.78 is 2.18. The Balaban J connectivity index is 1.89. The van der Waals surface area contributed by atoms with E-state index < -0.39 is 0 Å². The average Bonchev–Trinajstić information content (AvgIpc) is 3.00. The maximum atomic E-state index is 6.40. The molecular weight excluding hydrogens is 304 g/mol. The highest BCUT2D eigenvalue weighted by atomic mass is 35.5. The van der Waals surface area contributed by atoms with E-state index in [1.807, 2.05) is 12.1 Å². The molecule has 0 saturated heterocycles. The Morgan fingerprint density at radius 2 is 1.87 bits per heavy atom. The summed E-state index contributed by atoms with van der Waals surface area (Å²) >= 11 is 6.40. The average molecular weight is 321 g/mol. The number of aryl methyl sites for hydroxylation is 1. The van der Waals surface area contributed by atoms with Crippen molar-refractivity contribution >= 4 is 17.3 Å². The molecule has 23 heavy (non-hydrogen) atoms. The summed E-state index contributed by atoms with van der Waals surface area (Å²) in [7, 11) is 0. The zero-order valence-corrected chi connectivity index (χ0v) is 13.7. The van der Waals surface area contributed by atoms with E-state index in [-0.39, 0.29) is 0 Å². The summed E-state index contributed by atoms with van der Waals surface area (Å²) in [6.45, 7) is 2.77. The van der Waals surface area contributed by atoms with Crippen molar-refractivity contribution in [3.05, 3.63) is 88.2 Å². The van der Waals surface area contributed by atoms with Gasteiger partial charge in [0.1, 0.15) is 0 Å². The number of hydrogen-bond donors (Lipinski definition) is 0. The molecule has 1 aliphatic rings. The SMILES string of the molecule is CCc1ccc(C2=NCc3c(Cl)cccc3-n3cccc32)cc1. The van der Waals surface area contributed by atoms with Crippen LogP contribution in [0, 0.1) is 0 Å². The number of nitrogens with zero attached hydrogens (tertiary/aromatic N) is 2. The molecule has 0 fully saturated rings. The Bertz CT molecular complexity index is 888. The third-order valence-electron chi connectivity index (χ3n) is 4.38. The van der Waals surface area contributed by atoms with Crippen molar-refractivity contribution in [2.75, 3.05) is 0 Å². The lowest BCUT2D eigenvalue weighted by molar-refractivity contribution is 1.02. The van der Waals surface area contributed by atoms with Crippen molar-refractivity contribution in [2.24, 2.45) is 4.99 Å². The zero-order valence-electron chi connectivity index (χ0n) is 13.0. The van der Waals surface area contributed by atoms with Gasteiger partial charge >= 0.3 is 0 Å². The number of rotatable bonds is 2. The number of aliphatic imine (C=N–C) groups is 1. The van der Waals surface area contributed by atoms with Crippen molar-refractivity contribution in [3.63, 3.8) is 0 Å². The highest BCUT2D eigenvalue weighted by Crippen LogP contribution is 2.29. The molecule has 2 heterocycles. The Kier molecular flexibility index (Phi) is 3.55. The molecule has 1 aliphatic heterocycles. The van der Waals surface area contributed by atoms with Crippen molar-refractivity contribution in [1.82, 2.24) is 4.57 Å². The monoisotopic (exact) mass is 320 g/mol. The summed E-state index contributed by atoms with van der Waals surface area (Å²) in [5.74, 6) is 0. The van der Waals surface area contributed by atoms with Gasteiger partial charge in [0.15, 0.2) is 0 Å². The second-order valence-electron chi connectivity index (χ2n) is 5.72. The van der Waals surface area contributed by atoms with Crippen molar-refractivity contribution in [3.8, 4) is 5.69 Å². The van der Waals surface area contributed by atoms with Crippen LogP contribution in [0.3, 0.4) is 0 Å². The number of halogens is 1. The lowest BCUT2D eigenvalue weighted by Gasteiger charge is -2.11. The third-order valence-corrected chi connectivity index (χ3v) is 4.73. The fourth-order valence-corrected chi connectivity index (χ4v) is 3.32. The molecule has 3 heteroatoms. The van der Waals surface area contributed by atoms with E-state index >= 15 is 0 Å². The van der Waals surface area contributed by atoms with Crippen LogP contribution < -0.4 is 0 Å². The first-order valence-electron chi connectivity index (χ1n) is 7.87. The zero-order chi connectivity index (χ0) is 15.8. The molecule has 3 aromatic rings. The van der Waals surface area contributed by atoms with Crippen LogP contribution in [0.25, 0.3) is 5.69 Å². The van der Waals surface area contributed by atoms with E-state index in [4.69, 9.17) is 16.6 Å². The highest BCUT2D eigenvalue weighted by Gasteiger charge is 2.19.